The lowest BCUT2D eigenvalue weighted by Crippen LogP contribution is -2.25. The molecule has 1 atom stereocenters. The number of thiophene rings is 1. The standard InChI is InChI=1S/C10H17NOS/c1-8-4-5-9(13-8)10(2,12)6-7-11-3/h4-5,11-12H,6-7H2,1-3H3. The van der Waals surface area contributed by atoms with Gasteiger partial charge in [-0.2, -0.15) is 0 Å². The maximum absolute atomic E-state index is 10.1. The molecule has 0 saturated heterocycles. The maximum atomic E-state index is 10.1. The van der Waals surface area contributed by atoms with Gasteiger partial charge < -0.3 is 10.4 Å². The van der Waals surface area contributed by atoms with Crippen LogP contribution in [0.15, 0.2) is 12.1 Å². The summed E-state index contributed by atoms with van der Waals surface area (Å²) in [5.74, 6) is 0. The zero-order valence-corrected chi connectivity index (χ0v) is 9.24. The number of aliphatic hydroxyl groups is 1. The Morgan fingerprint density at radius 2 is 2.23 bits per heavy atom. The second kappa shape index (κ2) is 4.22. The van der Waals surface area contributed by atoms with E-state index in [1.165, 1.54) is 4.88 Å². The van der Waals surface area contributed by atoms with Gasteiger partial charge in [0.1, 0.15) is 0 Å². The van der Waals surface area contributed by atoms with Gasteiger partial charge in [-0.05, 0) is 46.0 Å². The van der Waals surface area contributed by atoms with E-state index in [9.17, 15) is 5.11 Å². The molecule has 0 aliphatic rings. The van der Waals surface area contributed by atoms with Gasteiger partial charge in [0, 0.05) is 9.75 Å². The molecule has 1 heterocycles. The van der Waals surface area contributed by atoms with Crippen LogP contribution < -0.4 is 5.32 Å². The van der Waals surface area contributed by atoms with Gasteiger partial charge in [0.15, 0.2) is 0 Å². The van der Waals surface area contributed by atoms with Crippen molar-refractivity contribution in [2.24, 2.45) is 0 Å². The summed E-state index contributed by atoms with van der Waals surface area (Å²) < 4.78 is 0. The minimum Gasteiger partial charge on any atom is -0.385 e. The third-order valence-corrected chi connectivity index (χ3v) is 3.39. The molecule has 0 bridgehead atoms. The normalized spacial score (nSPS) is 15.7. The molecule has 0 aromatic carbocycles. The molecule has 2 N–H and O–H groups in total. The topological polar surface area (TPSA) is 32.3 Å². The Labute approximate surface area is 83.6 Å². The van der Waals surface area contributed by atoms with Gasteiger partial charge in [-0.3, -0.25) is 0 Å². The molecule has 0 aliphatic carbocycles. The van der Waals surface area contributed by atoms with Crippen molar-refractivity contribution in [2.45, 2.75) is 25.9 Å². The highest BCUT2D eigenvalue weighted by Crippen LogP contribution is 2.30. The van der Waals surface area contributed by atoms with Crippen LogP contribution >= 0.6 is 11.3 Å². The quantitative estimate of drug-likeness (QED) is 0.776. The Kier molecular flexibility index (Phi) is 3.47. The predicted molar refractivity (Wildman–Crippen MR) is 57.2 cm³/mol. The van der Waals surface area contributed by atoms with Crippen LogP contribution in [0, 0.1) is 6.92 Å². The van der Waals surface area contributed by atoms with Gasteiger partial charge in [-0.25, -0.2) is 0 Å². The number of nitrogens with one attached hydrogen (secondary N) is 1. The first kappa shape index (κ1) is 10.7. The smallest absolute Gasteiger partial charge is 0.0972 e. The number of hydrogen-bond acceptors (Lipinski definition) is 3. The monoisotopic (exact) mass is 199 g/mol. The van der Waals surface area contributed by atoms with E-state index < -0.39 is 5.60 Å². The van der Waals surface area contributed by atoms with Crippen LogP contribution in [0.5, 0.6) is 0 Å². The molecular weight excluding hydrogens is 182 g/mol. The molecule has 0 saturated carbocycles. The summed E-state index contributed by atoms with van der Waals surface area (Å²) in [5.41, 5.74) is -0.679. The summed E-state index contributed by atoms with van der Waals surface area (Å²) in [7, 11) is 1.90. The molecule has 2 nitrogen and oxygen atoms in total. The van der Waals surface area contributed by atoms with Crippen molar-refractivity contribution < 1.29 is 5.11 Å². The summed E-state index contributed by atoms with van der Waals surface area (Å²) in [5, 5.41) is 13.1. The van der Waals surface area contributed by atoms with E-state index in [1.807, 2.05) is 26.1 Å². The zero-order valence-electron chi connectivity index (χ0n) is 8.42. The lowest BCUT2D eigenvalue weighted by atomic mass is 10.0. The average Bonchev–Trinajstić information content (AvgIpc) is 2.49. The van der Waals surface area contributed by atoms with Crippen LogP contribution in [-0.2, 0) is 5.60 Å². The Bertz CT molecular complexity index is 268. The number of aryl methyl sites for hydroxylation is 1. The Balaban J connectivity index is 2.68. The Morgan fingerprint density at radius 1 is 1.54 bits per heavy atom. The third-order valence-electron chi connectivity index (χ3n) is 2.13. The van der Waals surface area contributed by atoms with E-state index in [1.54, 1.807) is 11.3 Å². The van der Waals surface area contributed by atoms with E-state index in [4.69, 9.17) is 0 Å². The molecule has 0 amide bonds. The number of rotatable bonds is 4. The fourth-order valence-electron chi connectivity index (χ4n) is 1.22. The van der Waals surface area contributed by atoms with Crippen molar-refractivity contribution in [3.05, 3.63) is 21.9 Å². The summed E-state index contributed by atoms with van der Waals surface area (Å²) in [4.78, 5) is 2.31. The van der Waals surface area contributed by atoms with Crippen LogP contribution in [0.1, 0.15) is 23.1 Å². The van der Waals surface area contributed by atoms with Gasteiger partial charge in [0.05, 0.1) is 5.60 Å². The van der Waals surface area contributed by atoms with Crippen molar-refractivity contribution in [3.8, 4) is 0 Å². The van der Waals surface area contributed by atoms with E-state index in [0.29, 0.717) is 0 Å². The molecule has 74 valence electrons. The molecular formula is C10H17NOS. The predicted octanol–water partition coefficient (Wildman–Crippen LogP) is 1.87. The minimum absolute atomic E-state index is 0.679. The van der Waals surface area contributed by atoms with Crippen molar-refractivity contribution in [2.75, 3.05) is 13.6 Å². The molecule has 3 heteroatoms. The zero-order chi connectivity index (χ0) is 9.90. The molecule has 0 radical (unpaired) electrons. The van der Waals surface area contributed by atoms with Crippen molar-refractivity contribution in [3.63, 3.8) is 0 Å². The fourth-order valence-corrected chi connectivity index (χ4v) is 2.16. The second-order valence-electron chi connectivity index (χ2n) is 3.54. The van der Waals surface area contributed by atoms with E-state index >= 15 is 0 Å². The molecule has 1 rings (SSSR count). The van der Waals surface area contributed by atoms with Crippen LogP contribution in [0.3, 0.4) is 0 Å². The van der Waals surface area contributed by atoms with E-state index in [-0.39, 0.29) is 0 Å². The SMILES string of the molecule is CNCCC(C)(O)c1ccc(C)s1. The fraction of sp³-hybridized carbons (Fsp3) is 0.600. The van der Waals surface area contributed by atoms with Gasteiger partial charge in [0.2, 0.25) is 0 Å². The Hall–Kier alpha value is -0.380. The van der Waals surface area contributed by atoms with Crippen LogP contribution in [-0.4, -0.2) is 18.7 Å². The molecule has 1 unspecified atom stereocenters. The van der Waals surface area contributed by atoms with Crippen LogP contribution in [0.4, 0.5) is 0 Å². The summed E-state index contributed by atoms with van der Waals surface area (Å²) in [6, 6.07) is 4.06. The molecule has 0 spiro atoms. The maximum Gasteiger partial charge on any atom is 0.0972 e. The van der Waals surface area contributed by atoms with Gasteiger partial charge in [-0.15, -0.1) is 11.3 Å². The highest BCUT2D eigenvalue weighted by Gasteiger charge is 2.23. The first-order valence-corrected chi connectivity index (χ1v) is 5.32. The van der Waals surface area contributed by atoms with Crippen molar-refractivity contribution >= 4 is 11.3 Å². The summed E-state index contributed by atoms with van der Waals surface area (Å²) >= 11 is 1.67. The first-order valence-electron chi connectivity index (χ1n) is 4.50. The summed E-state index contributed by atoms with van der Waals surface area (Å²) in [6.45, 7) is 4.77. The molecule has 13 heavy (non-hydrogen) atoms. The van der Waals surface area contributed by atoms with Crippen LogP contribution in [0.2, 0.25) is 0 Å². The average molecular weight is 199 g/mol. The van der Waals surface area contributed by atoms with Gasteiger partial charge in [0.25, 0.3) is 0 Å². The highest BCUT2D eigenvalue weighted by atomic mass is 32.1. The van der Waals surface area contributed by atoms with Gasteiger partial charge in [-0.1, -0.05) is 0 Å². The highest BCUT2D eigenvalue weighted by molar-refractivity contribution is 7.12. The Morgan fingerprint density at radius 3 is 2.69 bits per heavy atom. The largest absolute Gasteiger partial charge is 0.385 e. The minimum atomic E-state index is -0.679. The second-order valence-corrected chi connectivity index (χ2v) is 4.83. The lowest BCUT2D eigenvalue weighted by molar-refractivity contribution is 0.0523. The molecule has 0 aliphatic heterocycles. The van der Waals surface area contributed by atoms with Crippen LogP contribution in [0.25, 0.3) is 0 Å². The first-order chi connectivity index (χ1) is 6.06. The van der Waals surface area contributed by atoms with Gasteiger partial charge >= 0.3 is 0 Å². The number of hydrogen-bond donors (Lipinski definition) is 2. The van der Waals surface area contributed by atoms with Crippen molar-refractivity contribution in [1.82, 2.24) is 5.32 Å². The molecule has 1 aromatic rings. The summed E-state index contributed by atoms with van der Waals surface area (Å²) in [6.07, 6.45) is 0.753. The third kappa shape index (κ3) is 2.79. The van der Waals surface area contributed by atoms with E-state index in [2.05, 4.69) is 12.2 Å². The molecule has 0 fully saturated rings. The molecule has 1 aromatic heterocycles. The van der Waals surface area contributed by atoms with E-state index in [0.717, 1.165) is 17.8 Å². The van der Waals surface area contributed by atoms with Crippen molar-refractivity contribution in [1.29, 1.82) is 0 Å². The lowest BCUT2D eigenvalue weighted by Gasteiger charge is -2.21.